The van der Waals surface area contributed by atoms with Crippen LogP contribution in [0.1, 0.15) is 39.9 Å². The number of carbonyl (C=O) groups excluding carboxylic acids is 1. The average Bonchev–Trinajstić information content (AvgIpc) is 3.03. The molecule has 1 aromatic heterocycles. The van der Waals surface area contributed by atoms with E-state index in [0.29, 0.717) is 23.2 Å². The van der Waals surface area contributed by atoms with Crippen LogP contribution in [0.15, 0.2) is 12.1 Å². The molecule has 5 nitrogen and oxygen atoms in total. The highest BCUT2D eigenvalue weighted by atomic mass is 16.4. The first-order valence-electron chi connectivity index (χ1n) is 6.36. The number of rotatable bonds is 4. The molecule has 0 saturated heterocycles. The van der Waals surface area contributed by atoms with Crippen molar-refractivity contribution in [3.05, 3.63) is 29.1 Å². The van der Waals surface area contributed by atoms with Crippen molar-refractivity contribution in [2.45, 2.75) is 20.3 Å². The molecule has 1 saturated carbocycles. The average molecular weight is 262 g/mol. The summed E-state index contributed by atoms with van der Waals surface area (Å²) in [4.78, 5) is 28.8. The molecule has 0 bridgehead atoms. The minimum atomic E-state index is -1.02. The van der Waals surface area contributed by atoms with Gasteiger partial charge in [-0.2, -0.15) is 0 Å². The fourth-order valence-corrected chi connectivity index (χ4v) is 2.19. The lowest BCUT2D eigenvalue weighted by Gasteiger charge is -2.17. The zero-order valence-corrected chi connectivity index (χ0v) is 11.4. The third kappa shape index (κ3) is 2.92. The Bertz CT molecular complexity index is 527. The summed E-state index contributed by atoms with van der Waals surface area (Å²) in [5.74, 6) is 0.107. The van der Waals surface area contributed by atoms with Gasteiger partial charge in [-0.05, 0) is 37.3 Å². The van der Waals surface area contributed by atoms with Crippen LogP contribution >= 0.6 is 0 Å². The van der Waals surface area contributed by atoms with Gasteiger partial charge in [0.15, 0.2) is 0 Å². The van der Waals surface area contributed by atoms with E-state index in [9.17, 15) is 9.59 Å². The SMILES string of the molecule is Cc1nc(C(=O)N(C)CC2CC2C)ccc1C(=O)O. The predicted molar refractivity (Wildman–Crippen MR) is 70.2 cm³/mol. The molecule has 0 spiro atoms. The van der Waals surface area contributed by atoms with Gasteiger partial charge in [-0.3, -0.25) is 4.79 Å². The van der Waals surface area contributed by atoms with E-state index in [1.54, 1.807) is 18.9 Å². The van der Waals surface area contributed by atoms with Crippen molar-refractivity contribution >= 4 is 11.9 Å². The summed E-state index contributed by atoms with van der Waals surface area (Å²) < 4.78 is 0. The highest BCUT2D eigenvalue weighted by Gasteiger charge is 2.34. The van der Waals surface area contributed by atoms with Crippen LogP contribution in [0.2, 0.25) is 0 Å². The fourth-order valence-electron chi connectivity index (χ4n) is 2.19. The Hall–Kier alpha value is -1.91. The number of pyridine rings is 1. The quantitative estimate of drug-likeness (QED) is 0.898. The van der Waals surface area contributed by atoms with E-state index in [1.807, 2.05) is 0 Å². The molecule has 5 heteroatoms. The number of hydrogen-bond donors (Lipinski definition) is 1. The van der Waals surface area contributed by atoms with E-state index in [0.717, 1.165) is 6.54 Å². The van der Waals surface area contributed by atoms with Crippen LogP contribution in [0.3, 0.4) is 0 Å². The zero-order chi connectivity index (χ0) is 14.2. The second kappa shape index (κ2) is 4.99. The van der Waals surface area contributed by atoms with Gasteiger partial charge in [0.1, 0.15) is 5.69 Å². The summed E-state index contributed by atoms with van der Waals surface area (Å²) in [5.41, 5.74) is 0.805. The maximum absolute atomic E-state index is 12.2. The number of nitrogens with zero attached hydrogens (tertiary/aromatic N) is 2. The van der Waals surface area contributed by atoms with Crippen molar-refractivity contribution in [2.24, 2.45) is 11.8 Å². The highest BCUT2D eigenvalue weighted by Crippen LogP contribution is 2.38. The molecule has 1 fully saturated rings. The van der Waals surface area contributed by atoms with Crippen molar-refractivity contribution in [1.29, 1.82) is 0 Å². The number of amides is 1. The van der Waals surface area contributed by atoms with E-state index in [2.05, 4.69) is 11.9 Å². The number of carboxylic acid groups (broad SMARTS) is 1. The molecule has 1 aliphatic carbocycles. The van der Waals surface area contributed by atoms with Crippen LogP contribution in [0.5, 0.6) is 0 Å². The Morgan fingerprint density at radius 2 is 2.11 bits per heavy atom. The van der Waals surface area contributed by atoms with Gasteiger partial charge in [-0.25, -0.2) is 9.78 Å². The number of aromatic nitrogens is 1. The lowest BCUT2D eigenvalue weighted by molar-refractivity contribution is 0.0693. The van der Waals surface area contributed by atoms with Crippen molar-refractivity contribution in [1.82, 2.24) is 9.88 Å². The molecular formula is C14H18N2O3. The largest absolute Gasteiger partial charge is 0.478 e. The summed E-state index contributed by atoms with van der Waals surface area (Å²) >= 11 is 0. The number of hydrogen-bond acceptors (Lipinski definition) is 3. The van der Waals surface area contributed by atoms with Gasteiger partial charge < -0.3 is 10.0 Å². The maximum Gasteiger partial charge on any atom is 0.337 e. The van der Waals surface area contributed by atoms with Crippen LogP contribution in [0, 0.1) is 18.8 Å². The number of carbonyl (C=O) groups is 2. The molecular weight excluding hydrogens is 244 g/mol. The number of carboxylic acids is 1. The molecule has 0 radical (unpaired) electrons. The molecule has 1 aromatic rings. The van der Waals surface area contributed by atoms with Gasteiger partial charge in [-0.15, -0.1) is 0 Å². The first kappa shape index (κ1) is 13.5. The molecule has 2 atom stereocenters. The summed E-state index contributed by atoms with van der Waals surface area (Å²) in [6.45, 7) is 4.51. The molecule has 2 unspecified atom stereocenters. The van der Waals surface area contributed by atoms with Crippen LogP contribution in [-0.4, -0.2) is 40.5 Å². The van der Waals surface area contributed by atoms with E-state index < -0.39 is 5.97 Å². The molecule has 2 rings (SSSR count). The first-order valence-corrected chi connectivity index (χ1v) is 6.36. The number of aryl methyl sites for hydroxylation is 1. The topological polar surface area (TPSA) is 70.5 Å². The standard InChI is InChI=1S/C14H18N2O3/c1-8-6-10(8)7-16(3)13(17)12-5-4-11(14(18)19)9(2)15-12/h4-5,8,10H,6-7H2,1-3H3,(H,18,19). The monoisotopic (exact) mass is 262 g/mol. The molecule has 1 heterocycles. The van der Waals surface area contributed by atoms with E-state index in [1.165, 1.54) is 18.6 Å². The molecule has 102 valence electrons. The fraction of sp³-hybridized carbons (Fsp3) is 0.500. The Labute approximate surface area is 112 Å². The zero-order valence-electron chi connectivity index (χ0n) is 11.4. The minimum absolute atomic E-state index is 0.134. The Morgan fingerprint density at radius 1 is 1.47 bits per heavy atom. The van der Waals surface area contributed by atoms with Crippen molar-refractivity contribution < 1.29 is 14.7 Å². The van der Waals surface area contributed by atoms with Gasteiger partial charge in [0, 0.05) is 13.6 Å². The number of aromatic carboxylic acids is 1. The normalized spacial score (nSPS) is 21.0. The second-order valence-electron chi connectivity index (χ2n) is 5.29. The van der Waals surface area contributed by atoms with Gasteiger partial charge >= 0.3 is 5.97 Å². The Balaban J connectivity index is 2.10. The van der Waals surface area contributed by atoms with Gasteiger partial charge in [0.2, 0.25) is 0 Å². The van der Waals surface area contributed by atoms with E-state index in [-0.39, 0.29) is 11.5 Å². The Morgan fingerprint density at radius 3 is 2.58 bits per heavy atom. The van der Waals surface area contributed by atoms with Crippen LogP contribution in [-0.2, 0) is 0 Å². The van der Waals surface area contributed by atoms with Gasteiger partial charge in [0.25, 0.3) is 5.91 Å². The molecule has 1 amide bonds. The third-order valence-corrected chi connectivity index (χ3v) is 3.67. The van der Waals surface area contributed by atoms with E-state index in [4.69, 9.17) is 5.11 Å². The smallest absolute Gasteiger partial charge is 0.337 e. The minimum Gasteiger partial charge on any atom is -0.478 e. The maximum atomic E-state index is 12.2. The lowest BCUT2D eigenvalue weighted by atomic mass is 10.2. The summed E-state index contributed by atoms with van der Waals surface area (Å²) in [5, 5.41) is 8.93. The Kier molecular flexibility index (Phi) is 3.55. The molecule has 1 aliphatic rings. The van der Waals surface area contributed by atoms with Crippen LogP contribution in [0.25, 0.3) is 0 Å². The van der Waals surface area contributed by atoms with Gasteiger partial charge in [-0.1, -0.05) is 6.92 Å². The lowest BCUT2D eigenvalue weighted by Crippen LogP contribution is -2.30. The summed E-state index contributed by atoms with van der Waals surface area (Å²) in [7, 11) is 1.76. The molecule has 0 aliphatic heterocycles. The van der Waals surface area contributed by atoms with Gasteiger partial charge in [0.05, 0.1) is 11.3 Å². The van der Waals surface area contributed by atoms with Crippen molar-refractivity contribution in [2.75, 3.05) is 13.6 Å². The van der Waals surface area contributed by atoms with Crippen molar-refractivity contribution in [3.8, 4) is 0 Å². The van der Waals surface area contributed by atoms with Crippen LogP contribution < -0.4 is 0 Å². The van der Waals surface area contributed by atoms with Crippen molar-refractivity contribution in [3.63, 3.8) is 0 Å². The predicted octanol–water partition coefficient (Wildman–Crippen LogP) is 1.82. The highest BCUT2D eigenvalue weighted by molar-refractivity contribution is 5.94. The summed E-state index contributed by atoms with van der Waals surface area (Å²) in [6, 6.07) is 2.91. The van der Waals surface area contributed by atoms with E-state index >= 15 is 0 Å². The summed E-state index contributed by atoms with van der Waals surface area (Å²) in [6.07, 6.45) is 1.17. The van der Waals surface area contributed by atoms with Crippen LogP contribution in [0.4, 0.5) is 0 Å². The molecule has 0 aromatic carbocycles. The third-order valence-electron chi connectivity index (χ3n) is 3.67. The molecule has 1 N–H and O–H groups in total. The second-order valence-corrected chi connectivity index (χ2v) is 5.29. The molecule has 19 heavy (non-hydrogen) atoms. The first-order chi connectivity index (χ1) is 8.90.